The van der Waals surface area contributed by atoms with Gasteiger partial charge in [0.1, 0.15) is 24.4 Å². The average molecular weight is 364 g/mol. The standard InChI is InChI=1S/C19H16N4O4/c24-11-10-23-17(15-6-8-20-9-7-15)21-12-16(18(23)25)22-19(26)27-13-14-4-2-1-3-5-14/h1-9,11-12H,10,13H2,(H,22,26). The molecule has 0 spiro atoms. The Hall–Kier alpha value is -3.81. The van der Waals surface area contributed by atoms with Crippen molar-refractivity contribution in [2.24, 2.45) is 0 Å². The fourth-order valence-electron chi connectivity index (χ4n) is 2.42. The van der Waals surface area contributed by atoms with Gasteiger partial charge in [0, 0.05) is 18.0 Å². The van der Waals surface area contributed by atoms with Crippen LogP contribution in [0.15, 0.2) is 65.8 Å². The highest BCUT2D eigenvalue weighted by atomic mass is 16.5. The summed E-state index contributed by atoms with van der Waals surface area (Å²) in [5.74, 6) is 0.303. The van der Waals surface area contributed by atoms with Gasteiger partial charge in [0.2, 0.25) is 0 Å². The second-order valence-corrected chi connectivity index (χ2v) is 5.50. The highest BCUT2D eigenvalue weighted by molar-refractivity contribution is 5.84. The molecule has 0 fully saturated rings. The summed E-state index contributed by atoms with van der Waals surface area (Å²) in [6, 6.07) is 12.5. The zero-order chi connectivity index (χ0) is 19.1. The van der Waals surface area contributed by atoms with E-state index in [9.17, 15) is 14.4 Å². The van der Waals surface area contributed by atoms with Gasteiger partial charge in [-0.05, 0) is 17.7 Å². The Morgan fingerprint density at radius 3 is 2.59 bits per heavy atom. The fraction of sp³-hybridized carbons (Fsp3) is 0.105. The van der Waals surface area contributed by atoms with Crippen molar-refractivity contribution >= 4 is 18.1 Å². The Morgan fingerprint density at radius 2 is 1.89 bits per heavy atom. The maximum absolute atomic E-state index is 12.6. The quantitative estimate of drug-likeness (QED) is 0.673. The maximum atomic E-state index is 12.6. The molecule has 136 valence electrons. The number of hydrogen-bond acceptors (Lipinski definition) is 6. The molecule has 3 rings (SSSR count). The minimum atomic E-state index is -0.785. The molecule has 0 atom stereocenters. The predicted octanol–water partition coefficient (Wildman–Crippen LogP) is 2.25. The lowest BCUT2D eigenvalue weighted by Crippen LogP contribution is -2.28. The molecule has 0 aliphatic rings. The number of aromatic nitrogens is 3. The number of aldehydes is 1. The summed E-state index contributed by atoms with van der Waals surface area (Å²) in [7, 11) is 0. The zero-order valence-electron chi connectivity index (χ0n) is 14.2. The van der Waals surface area contributed by atoms with Crippen LogP contribution in [-0.2, 0) is 22.7 Å². The normalized spacial score (nSPS) is 10.2. The van der Waals surface area contributed by atoms with Crippen LogP contribution in [0.3, 0.4) is 0 Å². The summed E-state index contributed by atoms with van der Waals surface area (Å²) < 4.78 is 6.27. The molecule has 3 aromatic rings. The second-order valence-electron chi connectivity index (χ2n) is 5.50. The van der Waals surface area contributed by atoms with E-state index in [-0.39, 0.29) is 18.8 Å². The molecule has 0 aliphatic heterocycles. The molecule has 2 heterocycles. The number of pyridine rings is 1. The molecular formula is C19H16N4O4. The Bertz CT molecular complexity index is 988. The first-order valence-electron chi connectivity index (χ1n) is 8.10. The van der Waals surface area contributed by atoms with E-state index in [1.807, 2.05) is 30.3 Å². The fourth-order valence-corrected chi connectivity index (χ4v) is 2.42. The van der Waals surface area contributed by atoms with Crippen LogP contribution < -0.4 is 10.9 Å². The lowest BCUT2D eigenvalue weighted by molar-refractivity contribution is -0.108. The predicted molar refractivity (Wildman–Crippen MR) is 98.0 cm³/mol. The number of rotatable bonds is 6. The molecule has 8 nitrogen and oxygen atoms in total. The van der Waals surface area contributed by atoms with Crippen molar-refractivity contribution in [3.8, 4) is 11.4 Å². The summed E-state index contributed by atoms with van der Waals surface area (Å²) in [5, 5.41) is 2.37. The molecular weight excluding hydrogens is 348 g/mol. The molecule has 1 aromatic carbocycles. The van der Waals surface area contributed by atoms with Gasteiger partial charge in [-0.3, -0.25) is 19.7 Å². The number of ether oxygens (including phenoxy) is 1. The van der Waals surface area contributed by atoms with Crippen LogP contribution in [0.5, 0.6) is 0 Å². The van der Waals surface area contributed by atoms with Crippen LogP contribution in [0.2, 0.25) is 0 Å². The smallest absolute Gasteiger partial charge is 0.412 e. The van der Waals surface area contributed by atoms with Gasteiger partial charge in [-0.2, -0.15) is 0 Å². The minimum Gasteiger partial charge on any atom is -0.444 e. The van der Waals surface area contributed by atoms with E-state index in [1.165, 1.54) is 10.8 Å². The Labute approximate surface area is 154 Å². The number of hydrogen-bond donors (Lipinski definition) is 1. The summed E-state index contributed by atoms with van der Waals surface area (Å²) in [5.41, 5.74) is 0.813. The molecule has 0 aliphatic carbocycles. The van der Waals surface area contributed by atoms with Crippen molar-refractivity contribution in [1.29, 1.82) is 0 Å². The van der Waals surface area contributed by atoms with Gasteiger partial charge in [-0.15, -0.1) is 0 Å². The van der Waals surface area contributed by atoms with E-state index in [0.717, 1.165) is 5.56 Å². The second kappa shape index (κ2) is 8.52. The topological polar surface area (TPSA) is 103 Å². The molecule has 0 bridgehead atoms. The SMILES string of the molecule is O=CCn1c(-c2ccncc2)ncc(NC(=O)OCc2ccccc2)c1=O. The van der Waals surface area contributed by atoms with Gasteiger partial charge in [-0.25, -0.2) is 9.78 Å². The number of amides is 1. The molecule has 1 amide bonds. The molecule has 1 N–H and O–H groups in total. The first kappa shape index (κ1) is 18.0. The van der Waals surface area contributed by atoms with Crippen LogP contribution in [0.25, 0.3) is 11.4 Å². The highest BCUT2D eigenvalue weighted by Gasteiger charge is 2.14. The summed E-state index contributed by atoms with van der Waals surface area (Å²) >= 11 is 0. The van der Waals surface area contributed by atoms with E-state index in [2.05, 4.69) is 15.3 Å². The monoisotopic (exact) mass is 364 g/mol. The average Bonchev–Trinajstić information content (AvgIpc) is 2.71. The van der Waals surface area contributed by atoms with E-state index in [0.29, 0.717) is 17.7 Å². The Balaban J connectivity index is 1.80. The van der Waals surface area contributed by atoms with E-state index < -0.39 is 11.7 Å². The van der Waals surface area contributed by atoms with Gasteiger partial charge in [0.25, 0.3) is 5.56 Å². The van der Waals surface area contributed by atoms with Gasteiger partial charge in [0.05, 0.1) is 12.7 Å². The van der Waals surface area contributed by atoms with Crippen LogP contribution in [0.4, 0.5) is 10.5 Å². The number of nitrogens with zero attached hydrogens (tertiary/aromatic N) is 3. The lowest BCUT2D eigenvalue weighted by atomic mass is 10.2. The molecule has 0 radical (unpaired) electrons. The van der Waals surface area contributed by atoms with E-state index in [1.54, 1.807) is 24.5 Å². The van der Waals surface area contributed by atoms with Crippen molar-refractivity contribution in [2.75, 3.05) is 5.32 Å². The Morgan fingerprint density at radius 1 is 1.15 bits per heavy atom. The first-order valence-corrected chi connectivity index (χ1v) is 8.10. The molecule has 0 saturated heterocycles. The summed E-state index contributed by atoms with van der Waals surface area (Å²) in [6.45, 7) is -0.129. The van der Waals surface area contributed by atoms with Gasteiger partial charge < -0.3 is 9.53 Å². The number of benzene rings is 1. The lowest BCUT2D eigenvalue weighted by Gasteiger charge is -2.12. The molecule has 8 heteroatoms. The third-order valence-corrected chi connectivity index (χ3v) is 3.69. The van der Waals surface area contributed by atoms with Gasteiger partial charge >= 0.3 is 6.09 Å². The third kappa shape index (κ3) is 4.43. The zero-order valence-corrected chi connectivity index (χ0v) is 14.2. The van der Waals surface area contributed by atoms with Crippen LogP contribution in [0, 0.1) is 0 Å². The van der Waals surface area contributed by atoms with Gasteiger partial charge in [0.15, 0.2) is 0 Å². The van der Waals surface area contributed by atoms with Crippen molar-refractivity contribution in [1.82, 2.24) is 14.5 Å². The largest absolute Gasteiger partial charge is 0.444 e. The Kier molecular flexibility index (Phi) is 5.68. The number of carbonyl (C=O) groups is 2. The number of nitrogens with one attached hydrogen (secondary N) is 1. The van der Waals surface area contributed by atoms with Crippen LogP contribution >= 0.6 is 0 Å². The number of carbonyl (C=O) groups excluding carboxylic acids is 2. The minimum absolute atomic E-state index is 0.0672. The maximum Gasteiger partial charge on any atom is 0.412 e. The first-order chi connectivity index (χ1) is 13.2. The van der Waals surface area contributed by atoms with Crippen molar-refractivity contribution < 1.29 is 14.3 Å². The molecule has 0 unspecified atom stereocenters. The van der Waals surface area contributed by atoms with Crippen LogP contribution in [0.1, 0.15) is 5.56 Å². The van der Waals surface area contributed by atoms with Gasteiger partial charge in [-0.1, -0.05) is 30.3 Å². The third-order valence-electron chi connectivity index (χ3n) is 3.69. The van der Waals surface area contributed by atoms with Crippen LogP contribution in [-0.4, -0.2) is 26.9 Å². The van der Waals surface area contributed by atoms with E-state index >= 15 is 0 Å². The number of anilines is 1. The van der Waals surface area contributed by atoms with E-state index in [4.69, 9.17) is 4.74 Å². The summed E-state index contributed by atoms with van der Waals surface area (Å²) in [6.07, 6.45) is 4.15. The highest BCUT2D eigenvalue weighted by Crippen LogP contribution is 2.15. The molecule has 0 saturated carbocycles. The molecule has 27 heavy (non-hydrogen) atoms. The summed E-state index contributed by atoms with van der Waals surface area (Å²) in [4.78, 5) is 43.7. The van der Waals surface area contributed by atoms with Crippen molar-refractivity contribution in [3.05, 3.63) is 77.0 Å². The van der Waals surface area contributed by atoms with Crippen molar-refractivity contribution in [2.45, 2.75) is 13.2 Å². The molecule has 2 aromatic heterocycles. The van der Waals surface area contributed by atoms with Crippen molar-refractivity contribution in [3.63, 3.8) is 0 Å².